The Hall–Kier alpha value is -1.00. The second kappa shape index (κ2) is 6.67. The van der Waals surface area contributed by atoms with Gasteiger partial charge in [-0.3, -0.25) is 9.69 Å². The maximum Gasteiger partial charge on any atom is 0.317 e. The number of aliphatic carboxylic acids is 1. The molecule has 1 aromatic rings. The van der Waals surface area contributed by atoms with E-state index in [1.807, 2.05) is 11.9 Å². The van der Waals surface area contributed by atoms with Crippen LogP contribution in [0.2, 0.25) is 0 Å². The smallest absolute Gasteiger partial charge is 0.317 e. The van der Waals surface area contributed by atoms with Gasteiger partial charge in [-0.15, -0.1) is 11.8 Å². The van der Waals surface area contributed by atoms with E-state index in [0.29, 0.717) is 0 Å². The molecule has 1 N–H and O–H groups in total. The van der Waals surface area contributed by atoms with E-state index in [4.69, 9.17) is 5.11 Å². The van der Waals surface area contributed by atoms with Crippen LogP contribution in [-0.4, -0.2) is 41.9 Å². The van der Waals surface area contributed by atoms with Gasteiger partial charge in [0, 0.05) is 17.2 Å². The number of nitrogens with zero attached hydrogens (tertiary/aromatic N) is 1. The zero-order chi connectivity index (χ0) is 12.8. The van der Waals surface area contributed by atoms with E-state index in [9.17, 15) is 4.79 Å². The van der Waals surface area contributed by atoms with Gasteiger partial charge in [-0.25, -0.2) is 0 Å². The quantitative estimate of drug-likeness (QED) is 0.790. The lowest BCUT2D eigenvalue weighted by Crippen LogP contribution is -2.27. The topological polar surface area (TPSA) is 40.5 Å². The molecule has 0 unspecified atom stereocenters. The molecule has 0 spiro atoms. The largest absolute Gasteiger partial charge is 0.480 e. The molecule has 0 fully saturated rings. The van der Waals surface area contributed by atoms with Gasteiger partial charge >= 0.3 is 5.97 Å². The first-order valence-corrected chi connectivity index (χ1v) is 6.58. The van der Waals surface area contributed by atoms with Crippen LogP contribution in [-0.2, 0) is 4.79 Å². The van der Waals surface area contributed by atoms with Crippen LogP contribution in [0, 0.1) is 13.8 Å². The lowest BCUT2D eigenvalue weighted by Gasteiger charge is -2.13. The molecular weight excluding hydrogens is 234 g/mol. The fraction of sp³-hybridized carbons (Fsp3) is 0.462. The summed E-state index contributed by atoms with van der Waals surface area (Å²) in [6.07, 6.45) is 0. The van der Waals surface area contributed by atoms with Crippen LogP contribution in [0.15, 0.2) is 23.1 Å². The first kappa shape index (κ1) is 14.1. The van der Waals surface area contributed by atoms with Gasteiger partial charge in [-0.1, -0.05) is 6.07 Å². The summed E-state index contributed by atoms with van der Waals surface area (Å²) in [5.41, 5.74) is 2.60. The van der Waals surface area contributed by atoms with E-state index in [1.54, 1.807) is 11.8 Å². The standard InChI is InChI=1S/C13H19NO2S/c1-10-4-5-12(8-11(10)2)17-7-6-14(3)9-13(15)16/h4-5,8H,6-7,9H2,1-3H3,(H,15,16). The number of carboxylic acids is 1. The van der Waals surface area contributed by atoms with E-state index in [-0.39, 0.29) is 6.54 Å². The Kier molecular flexibility index (Phi) is 5.51. The molecule has 0 saturated carbocycles. The van der Waals surface area contributed by atoms with Crippen LogP contribution in [0.4, 0.5) is 0 Å². The third kappa shape index (κ3) is 5.24. The van der Waals surface area contributed by atoms with Crippen LogP contribution in [0.1, 0.15) is 11.1 Å². The summed E-state index contributed by atoms with van der Waals surface area (Å²) in [4.78, 5) is 13.5. The van der Waals surface area contributed by atoms with Crippen molar-refractivity contribution in [3.8, 4) is 0 Å². The molecule has 0 amide bonds. The zero-order valence-corrected chi connectivity index (χ0v) is 11.4. The molecule has 4 heteroatoms. The highest BCUT2D eigenvalue weighted by Gasteiger charge is 2.04. The molecule has 0 heterocycles. The Morgan fingerprint density at radius 2 is 2.06 bits per heavy atom. The second-order valence-electron chi connectivity index (χ2n) is 4.23. The number of hydrogen-bond acceptors (Lipinski definition) is 3. The summed E-state index contributed by atoms with van der Waals surface area (Å²) in [5, 5.41) is 8.62. The highest BCUT2D eigenvalue weighted by Crippen LogP contribution is 2.20. The minimum atomic E-state index is -0.774. The van der Waals surface area contributed by atoms with Crippen molar-refractivity contribution >= 4 is 17.7 Å². The summed E-state index contributed by atoms with van der Waals surface area (Å²) >= 11 is 1.76. The average molecular weight is 253 g/mol. The predicted octanol–water partition coefficient (Wildman–Crippen LogP) is 2.41. The molecule has 0 atom stereocenters. The molecule has 1 rings (SSSR count). The Morgan fingerprint density at radius 3 is 2.65 bits per heavy atom. The lowest BCUT2D eigenvalue weighted by atomic mass is 10.1. The molecule has 1 aromatic carbocycles. The summed E-state index contributed by atoms with van der Waals surface area (Å²) in [6, 6.07) is 6.42. The van der Waals surface area contributed by atoms with Gasteiger partial charge in [-0.05, 0) is 44.2 Å². The van der Waals surface area contributed by atoms with Crippen molar-refractivity contribution in [3.63, 3.8) is 0 Å². The Morgan fingerprint density at radius 1 is 1.35 bits per heavy atom. The van der Waals surface area contributed by atoms with Gasteiger partial charge in [-0.2, -0.15) is 0 Å². The van der Waals surface area contributed by atoms with Gasteiger partial charge < -0.3 is 5.11 Å². The average Bonchev–Trinajstić information content (AvgIpc) is 2.22. The number of aryl methyl sites for hydroxylation is 2. The molecule has 0 aromatic heterocycles. The SMILES string of the molecule is Cc1ccc(SCCN(C)CC(=O)O)cc1C. The van der Waals surface area contributed by atoms with Gasteiger partial charge in [0.15, 0.2) is 0 Å². The molecule has 0 radical (unpaired) electrons. The number of likely N-dealkylation sites (N-methyl/N-ethyl adjacent to an activating group) is 1. The number of hydrogen-bond donors (Lipinski definition) is 1. The summed E-state index contributed by atoms with van der Waals surface area (Å²) in [6.45, 7) is 5.09. The zero-order valence-electron chi connectivity index (χ0n) is 10.6. The van der Waals surface area contributed by atoms with Crippen molar-refractivity contribution < 1.29 is 9.90 Å². The maximum atomic E-state index is 10.5. The predicted molar refractivity (Wildman–Crippen MR) is 71.8 cm³/mol. The van der Waals surface area contributed by atoms with Crippen molar-refractivity contribution in [3.05, 3.63) is 29.3 Å². The molecule has 0 aliphatic carbocycles. The number of carboxylic acid groups (broad SMARTS) is 1. The Balaban J connectivity index is 2.35. The number of benzene rings is 1. The van der Waals surface area contributed by atoms with Crippen molar-refractivity contribution in [2.75, 3.05) is 25.9 Å². The minimum Gasteiger partial charge on any atom is -0.480 e. The van der Waals surface area contributed by atoms with Crippen molar-refractivity contribution in [2.45, 2.75) is 18.7 Å². The van der Waals surface area contributed by atoms with Crippen LogP contribution >= 0.6 is 11.8 Å². The van der Waals surface area contributed by atoms with Crippen molar-refractivity contribution in [1.29, 1.82) is 0 Å². The third-order valence-corrected chi connectivity index (χ3v) is 3.60. The fourth-order valence-corrected chi connectivity index (χ4v) is 2.50. The van der Waals surface area contributed by atoms with Gasteiger partial charge in [0.05, 0.1) is 6.54 Å². The van der Waals surface area contributed by atoms with Crippen LogP contribution < -0.4 is 0 Å². The molecule has 0 aliphatic heterocycles. The summed E-state index contributed by atoms with van der Waals surface area (Å²) in [7, 11) is 1.83. The summed E-state index contributed by atoms with van der Waals surface area (Å²) < 4.78 is 0. The third-order valence-electron chi connectivity index (χ3n) is 2.63. The van der Waals surface area contributed by atoms with E-state index in [2.05, 4.69) is 32.0 Å². The van der Waals surface area contributed by atoms with E-state index < -0.39 is 5.97 Å². The van der Waals surface area contributed by atoms with Gasteiger partial charge in [0.2, 0.25) is 0 Å². The maximum absolute atomic E-state index is 10.5. The van der Waals surface area contributed by atoms with Crippen LogP contribution in [0.5, 0.6) is 0 Å². The molecule has 17 heavy (non-hydrogen) atoms. The Bertz CT molecular complexity index is 393. The minimum absolute atomic E-state index is 0.105. The van der Waals surface area contributed by atoms with Gasteiger partial charge in [0.1, 0.15) is 0 Å². The summed E-state index contributed by atoms with van der Waals surface area (Å²) in [5.74, 6) is 0.135. The number of thioether (sulfide) groups is 1. The highest BCUT2D eigenvalue weighted by molar-refractivity contribution is 7.99. The number of carbonyl (C=O) groups is 1. The van der Waals surface area contributed by atoms with E-state index in [1.165, 1.54) is 16.0 Å². The molecular formula is C13H19NO2S. The second-order valence-corrected chi connectivity index (χ2v) is 5.39. The molecule has 0 aliphatic rings. The van der Waals surface area contributed by atoms with Gasteiger partial charge in [0.25, 0.3) is 0 Å². The van der Waals surface area contributed by atoms with E-state index in [0.717, 1.165) is 12.3 Å². The molecule has 0 bridgehead atoms. The van der Waals surface area contributed by atoms with Crippen molar-refractivity contribution in [1.82, 2.24) is 4.90 Å². The normalized spacial score (nSPS) is 10.8. The fourth-order valence-electron chi connectivity index (χ4n) is 1.43. The first-order chi connectivity index (χ1) is 7.99. The molecule has 0 saturated heterocycles. The van der Waals surface area contributed by atoms with E-state index >= 15 is 0 Å². The first-order valence-electron chi connectivity index (χ1n) is 5.59. The highest BCUT2D eigenvalue weighted by atomic mass is 32.2. The van der Waals surface area contributed by atoms with Crippen LogP contribution in [0.25, 0.3) is 0 Å². The monoisotopic (exact) mass is 253 g/mol. The molecule has 3 nitrogen and oxygen atoms in total. The number of rotatable bonds is 6. The van der Waals surface area contributed by atoms with Crippen molar-refractivity contribution in [2.24, 2.45) is 0 Å². The lowest BCUT2D eigenvalue weighted by molar-refractivity contribution is -0.137. The molecule has 94 valence electrons. The Labute approximate surface area is 107 Å². The van der Waals surface area contributed by atoms with Crippen LogP contribution in [0.3, 0.4) is 0 Å².